The second kappa shape index (κ2) is 7.04. The quantitative estimate of drug-likeness (QED) is 0.622. The Kier molecular flexibility index (Phi) is 5.12. The van der Waals surface area contributed by atoms with Gasteiger partial charge in [-0.1, -0.05) is 23.7 Å². The van der Waals surface area contributed by atoms with Crippen molar-refractivity contribution in [1.29, 1.82) is 0 Å². The molecule has 0 saturated carbocycles. The number of ether oxygens (including phenoxy) is 4. The van der Waals surface area contributed by atoms with Crippen molar-refractivity contribution in [2.24, 2.45) is 0 Å². The van der Waals surface area contributed by atoms with Gasteiger partial charge in [-0.05, 0) is 24.3 Å². The lowest BCUT2D eigenvalue weighted by atomic mass is 10.2. The molecule has 0 saturated heterocycles. The Morgan fingerprint density at radius 2 is 1.55 bits per heavy atom. The number of carbonyl (C=O) groups excluding carboxylic acids is 1. The number of para-hydroxylation sites is 2. The zero-order valence-corrected chi connectivity index (χ0v) is 13.1. The summed E-state index contributed by atoms with van der Waals surface area (Å²) in [4.78, 5) is 12.3. The van der Waals surface area contributed by atoms with Gasteiger partial charge in [-0.3, -0.25) is 0 Å². The number of rotatable bonds is 5. The number of hydrogen-bond donors (Lipinski definition) is 0. The van der Waals surface area contributed by atoms with Gasteiger partial charge in [-0.15, -0.1) is 0 Å². The number of hydrogen-bond acceptors (Lipinski definition) is 5. The molecular formula is C16H15ClO5. The summed E-state index contributed by atoms with van der Waals surface area (Å²) in [5.41, 5.74) is 0.244. The van der Waals surface area contributed by atoms with Gasteiger partial charge < -0.3 is 18.9 Å². The monoisotopic (exact) mass is 322 g/mol. The van der Waals surface area contributed by atoms with Crippen molar-refractivity contribution < 1.29 is 23.7 Å². The highest BCUT2D eigenvalue weighted by Gasteiger charge is 2.17. The average Bonchev–Trinajstić information content (AvgIpc) is 2.54. The molecular weight excluding hydrogens is 308 g/mol. The maximum Gasteiger partial charge on any atom is 0.343 e. The molecule has 0 atom stereocenters. The summed E-state index contributed by atoms with van der Waals surface area (Å²) in [6.45, 7) is 0. The topological polar surface area (TPSA) is 54.0 Å². The van der Waals surface area contributed by atoms with E-state index in [4.69, 9.17) is 30.5 Å². The molecule has 0 N–H and O–H groups in total. The summed E-state index contributed by atoms with van der Waals surface area (Å²) < 4.78 is 20.8. The van der Waals surface area contributed by atoms with Crippen LogP contribution >= 0.6 is 11.6 Å². The zero-order chi connectivity index (χ0) is 16.1. The number of halogens is 1. The normalized spacial score (nSPS) is 10.0. The molecule has 0 bridgehead atoms. The number of methoxy groups -OCH3 is 3. The van der Waals surface area contributed by atoms with Gasteiger partial charge in [0.2, 0.25) is 0 Å². The van der Waals surface area contributed by atoms with Crippen LogP contribution in [0.3, 0.4) is 0 Å². The van der Waals surface area contributed by atoms with E-state index < -0.39 is 5.97 Å². The van der Waals surface area contributed by atoms with E-state index in [1.165, 1.54) is 33.5 Å². The summed E-state index contributed by atoms with van der Waals surface area (Å²) in [7, 11) is 4.43. The van der Waals surface area contributed by atoms with Crippen LogP contribution in [0.25, 0.3) is 0 Å². The Morgan fingerprint density at radius 1 is 0.909 bits per heavy atom. The van der Waals surface area contributed by atoms with Crippen LogP contribution in [0.5, 0.6) is 23.0 Å². The van der Waals surface area contributed by atoms with E-state index in [2.05, 4.69) is 0 Å². The maximum atomic E-state index is 12.3. The van der Waals surface area contributed by atoms with Gasteiger partial charge in [0, 0.05) is 0 Å². The SMILES string of the molecule is COc1ccccc1OC(=O)c1cc(Cl)c(OC)c(OC)c1. The van der Waals surface area contributed by atoms with Crippen molar-refractivity contribution in [2.45, 2.75) is 0 Å². The third-order valence-electron chi connectivity index (χ3n) is 2.94. The molecule has 0 spiro atoms. The Hall–Kier alpha value is -2.40. The van der Waals surface area contributed by atoms with Crippen molar-refractivity contribution in [3.8, 4) is 23.0 Å². The molecule has 2 aromatic carbocycles. The molecule has 22 heavy (non-hydrogen) atoms. The van der Waals surface area contributed by atoms with Crippen LogP contribution in [-0.2, 0) is 0 Å². The van der Waals surface area contributed by atoms with Crippen LogP contribution in [0.15, 0.2) is 36.4 Å². The Labute approximate surface area is 133 Å². The fraction of sp³-hybridized carbons (Fsp3) is 0.188. The highest BCUT2D eigenvalue weighted by Crippen LogP contribution is 2.36. The summed E-state index contributed by atoms with van der Waals surface area (Å²) in [5, 5.41) is 0.258. The van der Waals surface area contributed by atoms with Gasteiger partial charge in [0.15, 0.2) is 23.0 Å². The van der Waals surface area contributed by atoms with E-state index in [1.807, 2.05) is 0 Å². The number of carbonyl (C=O) groups is 1. The fourth-order valence-corrected chi connectivity index (χ4v) is 2.19. The van der Waals surface area contributed by atoms with Crippen molar-refractivity contribution in [1.82, 2.24) is 0 Å². The zero-order valence-electron chi connectivity index (χ0n) is 12.4. The molecule has 5 nitrogen and oxygen atoms in total. The predicted octanol–water partition coefficient (Wildman–Crippen LogP) is 3.59. The lowest BCUT2D eigenvalue weighted by molar-refractivity contribution is 0.0729. The molecule has 0 aliphatic carbocycles. The molecule has 0 fully saturated rings. The minimum atomic E-state index is -0.577. The maximum absolute atomic E-state index is 12.3. The minimum absolute atomic E-state index is 0.244. The second-order valence-corrected chi connectivity index (χ2v) is 4.64. The molecule has 0 heterocycles. The lowest BCUT2D eigenvalue weighted by Gasteiger charge is -2.12. The van der Waals surface area contributed by atoms with Crippen molar-refractivity contribution in [2.75, 3.05) is 21.3 Å². The molecule has 0 aliphatic rings. The lowest BCUT2D eigenvalue weighted by Crippen LogP contribution is -2.10. The van der Waals surface area contributed by atoms with Gasteiger partial charge in [-0.25, -0.2) is 4.79 Å². The molecule has 0 amide bonds. The first kappa shape index (κ1) is 16.0. The molecule has 116 valence electrons. The Morgan fingerprint density at radius 3 is 2.14 bits per heavy atom. The highest BCUT2D eigenvalue weighted by molar-refractivity contribution is 6.32. The molecule has 2 rings (SSSR count). The van der Waals surface area contributed by atoms with Gasteiger partial charge in [0.25, 0.3) is 0 Å². The van der Waals surface area contributed by atoms with E-state index in [9.17, 15) is 4.79 Å². The Balaban J connectivity index is 2.32. The standard InChI is InChI=1S/C16H15ClO5/c1-19-12-6-4-5-7-13(12)22-16(18)10-8-11(17)15(21-3)14(9-10)20-2/h4-9H,1-3H3. The summed E-state index contributed by atoms with van der Waals surface area (Å²) >= 11 is 6.08. The van der Waals surface area contributed by atoms with E-state index in [0.717, 1.165) is 0 Å². The van der Waals surface area contributed by atoms with Crippen molar-refractivity contribution in [3.05, 3.63) is 47.0 Å². The molecule has 0 unspecified atom stereocenters. The van der Waals surface area contributed by atoms with Crippen LogP contribution in [0.2, 0.25) is 5.02 Å². The molecule has 2 aromatic rings. The van der Waals surface area contributed by atoms with E-state index in [0.29, 0.717) is 23.0 Å². The molecule has 6 heteroatoms. The van der Waals surface area contributed by atoms with Crippen LogP contribution in [0, 0.1) is 0 Å². The van der Waals surface area contributed by atoms with Gasteiger partial charge >= 0.3 is 5.97 Å². The van der Waals surface area contributed by atoms with E-state index >= 15 is 0 Å². The largest absolute Gasteiger partial charge is 0.493 e. The van der Waals surface area contributed by atoms with Crippen molar-refractivity contribution >= 4 is 17.6 Å². The van der Waals surface area contributed by atoms with Crippen LogP contribution in [-0.4, -0.2) is 27.3 Å². The van der Waals surface area contributed by atoms with Crippen molar-refractivity contribution in [3.63, 3.8) is 0 Å². The first-order valence-corrected chi connectivity index (χ1v) is 6.75. The molecule has 0 radical (unpaired) electrons. The first-order chi connectivity index (χ1) is 10.6. The summed E-state index contributed by atoms with van der Waals surface area (Å²) in [6.07, 6.45) is 0. The number of esters is 1. The third kappa shape index (κ3) is 3.26. The Bertz CT molecular complexity index is 684. The minimum Gasteiger partial charge on any atom is -0.493 e. The third-order valence-corrected chi connectivity index (χ3v) is 3.22. The highest BCUT2D eigenvalue weighted by atomic mass is 35.5. The van der Waals surface area contributed by atoms with Crippen LogP contribution < -0.4 is 18.9 Å². The first-order valence-electron chi connectivity index (χ1n) is 6.37. The molecule has 0 aliphatic heterocycles. The second-order valence-electron chi connectivity index (χ2n) is 4.23. The van der Waals surface area contributed by atoms with Crippen LogP contribution in [0.1, 0.15) is 10.4 Å². The summed E-state index contributed by atoms with van der Waals surface area (Å²) in [5.74, 6) is 0.913. The van der Waals surface area contributed by atoms with Crippen LogP contribution in [0.4, 0.5) is 0 Å². The number of benzene rings is 2. The predicted molar refractivity (Wildman–Crippen MR) is 82.5 cm³/mol. The fourth-order valence-electron chi connectivity index (χ4n) is 1.90. The van der Waals surface area contributed by atoms with Gasteiger partial charge in [0.05, 0.1) is 31.9 Å². The molecule has 0 aromatic heterocycles. The van der Waals surface area contributed by atoms with Gasteiger partial charge in [0.1, 0.15) is 0 Å². The van der Waals surface area contributed by atoms with E-state index in [1.54, 1.807) is 24.3 Å². The summed E-state index contributed by atoms with van der Waals surface area (Å²) in [6, 6.07) is 9.82. The average molecular weight is 323 g/mol. The van der Waals surface area contributed by atoms with E-state index in [-0.39, 0.29) is 10.6 Å². The smallest absolute Gasteiger partial charge is 0.343 e. The van der Waals surface area contributed by atoms with Gasteiger partial charge in [-0.2, -0.15) is 0 Å².